The van der Waals surface area contributed by atoms with E-state index in [1.807, 2.05) is 23.6 Å². The summed E-state index contributed by atoms with van der Waals surface area (Å²) >= 11 is 2.77. The van der Waals surface area contributed by atoms with Crippen LogP contribution in [0, 0.1) is 6.92 Å². The number of hydrogen-bond acceptors (Lipinski definition) is 8. The quantitative estimate of drug-likeness (QED) is 0.683. The molecule has 0 aromatic carbocycles. The number of carbonyl (C=O) groups excluding carboxylic acids is 1. The number of thioether (sulfide) groups is 1. The second-order valence-electron chi connectivity index (χ2n) is 4.41. The van der Waals surface area contributed by atoms with Crippen molar-refractivity contribution >= 4 is 47.0 Å². The number of anilines is 1. The third-order valence-corrected chi connectivity index (χ3v) is 4.23. The molecule has 0 saturated heterocycles. The summed E-state index contributed by atoms with van der Waals surface area (Å²) < 4.78 is 10.3. The zero-order valence-electron chi connectivity index (χ0n) is 12.1. The van der Waals surface area contributed by atoms with E-state index in [1.165, 1.54) is 0 Å². The first kappa shape index (κ1) is 15.5. The summed E-state index contributed by atoms with van der Waals surface area (Å²) in [6.07, 6.45) is 3.63. The minimum Gasteiger partial charge on any atom is -0.412 e. The Morgan fingerprint density at radius 3 is 3.09 bits per heavy atom. The van der Waals surface area contributed by atoms with Gasteiger partial charge in [0.2, 0.25) is 11.8 Å². The highest BCUT2D eigenvalue weighted by atomic mass is 32.2. The maximum atomic E-state index is 11.8. The Balaban J connectivity index is 1.50. The molecule has 23 heavy (non-hydrogen) atoms. The van der Waals surface area contributed by atoms with Crippen LogP contribution in [0.2, 0.25) is 0 Å². The van der Waals surface area contributed by atoms with E-state index in [-0.39, 0.29) is 11.7 Å². The average Bonchev–Trinajstić information content (AvgIpc) is 3.25. The lowest BCUT2D eigenvalue weighted by Gasteiger charge is -1.97. The molecule has 3 aromatic heterocycles. The lowest BCUT2D eigenvalue weighted by atomic mass is 10.4. The van der Waals surface area contributed by atoms with E-state index in [0.29, 0.717) is 22.7 Å². The molecule has 0 bridgehead atoms. The summed E-state index contributed by atoms with van der Waals surface area (Å²) in [6, 6.07) is 5.60. The van der Waals surface area contributed by atoms with Gasteiger partial charge in [-0.25, -0.2) is 0 Å². The van der Waals surface area contributed by atoms with Crippen molar-refractivity contribution in [3.05, 3.63) is 40.1 Å². The van der Waals surface area contributed by atoms with Gasteiger partial charge in [-0.3, -0.25) is 4.79 Å². The molecule has 0 spiro atoms. The summed E-state index contributed by atoms with van der Waals surface area (Å²) in [5.41, 5.74) is 0. The van der Waals surface area contributed by atoms with Crippen LogP contribution in [0.15, 0.2) is 37.7 Å². The van der Waals surface area contributed by atoms with Gasteiger partial charge in [0.05, 0.1) is 5.75 Å². The number of rotatable bonds is 6. The van der Waals surface area contributed by atoms with Crippen LogP contribution in [-0.4, -0.2) is 27.0 Å². The van der Waals surface area contributed by atoms with Gasteiger partial charge in [0.1, 0.15) is 5.76 Å². The van der Waals surface area contributed by atoms with Crippen LogP contribution in [0.4, 0.5) is 5.82 Å². The van der Waals surface area contributed by atoms with E-state index < -0.39 is 0 Å². The average molecular weight is 348 g/mol. The molecule has 1 amide bonds. The predicted molar refractivity (Wildman–Crippen MR) is 88.1 cm³/mol. The minimum atomic E-state index is -0.225. The van der Waals surface area contributed by atoms with Crippen LogP contribution in [-0.2, 0) is 4.79 Å². The van der Waals surface area contributed by atoms with E-state index in [4.69, 9.17) is 8.94 Å². The highest BCUT2D eigenvalue weighted by Gasteiger charge is 2.10. The Bertz CT molecular complexity index is 808. The van der Waals surface area contributed by atoms with E-state index in [1.54, 1.807) is 30.4 Å². The normalized spacial score (nSPS) is 11.2. The van der Waals surface area contributed by atoms with Gasteiger partial charge in [0, 0.05) is 17.0 Å². The molecule has 0 unspecified atom stereocenters. The Labute approximate surface area is 139 Å². The van der Waals surface area contributed by atoms with Gasteiger partial charge in [-0.2, -0.15) is 0 Å². The summed E-state index contributed by atoms with van der Waals surface area (Å²) in [4.78, 5) is 12.9. The molecule has 3 heterocycles. The van der Waals surface area contributed by atoms with Gasteiger partial charge in [-0.1, -0.05) is 23.0 Å². The molecule has 0 radical (unpaired) electrons. The maximum Gasteiger partial charge on any atom is 0.277 e. The van der Waals surface area contributed by atoms with Crippen LogP contribution in [0.1, 0.15) is 16.5 Å². The molecule has 0 aliphatic carbocycles. The summed E-state index contributed by atoms with van der Waals surface area (Å²) in [5.74, 6) is 1.33. The molecule has 9 heteroatoms. The smallest absolute Gasteiger partial charge is 0.277 e. The van der Waals surface area contributed by atoms with Gasteiger partial charge in [0.25, 0.3) is 5.22 Å². The van der Waals surface area contributed by atoms with Crippen LogP contribution < -0.4 is 5.32 Å². The fourth-order valence-electron chi connectivity index (χ4n) is 1.62. The molecule has 0 saturated carbocycles. The molecule has 118 valence electrons. The van der Waals surface area contributed by atoms with Crippen LogP contribution in [0.5, 0.6) is 0 Å². The Kier molecular flexibility index (Phi) is 4.89. The van der Waals surface area contributed by atoms with Crippen LogP contribution in [0.25, 0.3) is 12.2 Å². The first-order valence-electron chi connectivity index (χ1n) is 6.60. The molecule has 0 fully saturated rings. The van der Waals surface area contributed by atoms with Gasteiger partial charge >= 0.3 is 0 Å². The molecule has 0 aliphatic rings. The lowest BCUT2D eigenvalue weighted by molar-refractivity contribution is -0.113. The first-order valence-corrected chi connectivity index (χ1v) is 8.46. The predicted octanol–water partition coefficient (Wildman–Crippen LogP) is 3.33. The minimum absolute atomic E-state index is 0.141. The highest BCUT2D eigenvalue weighted by molar-refractivity contribution is 7.99. The fraction of sp³-hybridized carbons (Fsp3) is 0.143. The van der Waals surface area contributed by atoms with Crippen LogP contribution in [0.3, 0.4) is 0 Å². The number of nitrogens with one attached hydrogen (secondary N) is 1. The van der Waals surface area contributed by atoms with Crippen LogP contribution >= 0.6 is 23.1 Å². The maximum absolute atomic E-state index is 11.8. The molecule has 0 atom stereocenters. The van der Waals surface area contributed by atoms with E-state index in [2.05, 4.69) is 20.7 Å². The van der Waals surface area contributed by atoms with E-state index >= 15 is 0 Å². The van der Waals surface area contributed by atoms with E-state index in [0.717, 1.165) is 16.6 Å². The number of amides is 1. The summed E-state index contributed by atoms with van der Waals surface area (Å²) in [6.45, 7) is 1.75. The van der Waals surface area contributed by atoms with Gasteiger partial charge in [-0.05, 0) is 24.4 Å². The second kappa shape index (κ2) is 7.25. The Morgan fingerprint density at radius 1 is 1.43 bits per heavy atom. The van der Waals surface area contributed by atoms with Crippen molar-refractivity contribution in [1.29, 1.82) is 0 Å². The topological polar surface area (TPSA) is 94.1 Å². The third kappa shape index (κ3) is 4.54. The fourth-order valence-corrected chi connectivity index (χ4v) is 2.80. The molecular formula is C14H12N4O3S2. The van der Waals surface area contributed by atoms with E-state index in [9.17, 15) is 4.79 Å². The number of aromatic nitrogens is 3. The van der Waals surface area contributed by atoms with Crippen molar-refractivity contribution in [3.63, 3.8) is 0 Å². The number of hydrogen-bond donors (Lipinski definition) is 1. The molecule has 7 nitrogen and oxygen atoms in total. The number of carbonyl (C=O) groups is 1. The SMILES string of the molecule is Cc1cc(NC(=O)CSc2nnc(/C=C/c3cccs3)o2)no1. The lowest BCUT2D eigenvalue weighted by Crippen LogP contribution is -2.14. The van der Waals surface area contributed by atoms with Gasteiger partial charge in [0.15, 0.2) is 5.82 Å². The van der Waals surface area contributed by atoms with Crippen molar-refractivity contribution in [2.45, 2.75) is 12.1 Å². The summed E-state index contributed by atoms with van der Waals surface area (Å²) in [5, 5.41) is 16.4. The molecular weight excluding hydrogens is 336 g/mol. The van der Waals surface area contributed by atoms with Crippen molar-refractivity contribution in [2.24, 2.45) is 0 Å². The Hall–Kier alpha value is -2.39. The second-order valence-corrected chi connectivity index (χ2v) is 6.32. The molecule has 0 aliphatic heterocycles. The number of thiophene rings is 1. The molecule has 3 aromatic rings. The largest absolute Gasteiger partial charge is 0.412 e. The van der Waals surface area contributed by atoms with Crippen molar-refractivity contribution in [2.75, 3.05) is 11.1 Å². The zero-order valence-corrected chi connectivity index (χ0v) is 13.7. The van der Waals surface area contributed by atoms with Crippen molar-refractivity contribution in [3.8, 4) is 0 Å². The van der Waals surface area contributed by atoms with Gasteiger partial charge < -0.3 is 14.3 Å². The molecule has 3 rings (SSSR count). The zero-order chi connectivity index (χ0) is 16.1. The number of nitrogens with zero attached hydrogens (tertiary/aromatic N) is 3. The van der Waals surface area contributed by atoms with Gasteiger partial charge in [-0.15, -0.1) is 21.5 Å². The highest BCUT2D eigenvalue weighted by Crippen LogP contribution is 2.18. The molecule has 1 N–H and O–H groups in total. The Morgan fingerprint density at radius 2 is 2.35 bits per heavy atom. The van der Waals surface area contributed by atoms with Crippen molar-refractivity contribution < 1.29 is 13.7 Å². The van der Waals surface area contributed by atoms with Crippen molar-refractivity contribution in [1.82, 2.24) is 15.4 Å². The monoisotopic (exact) mass is 348 g/mol. The standard InChI is InChI=1S/C14H12N4O3S2/c1-9-7-11(18-21-9)15-12(19)8-23-14-17-16-13(20-14)5-4-10-3-2-6-22-10/h2-7H,8H2,1H3,(H,15,18,19)/b5-4+. The number of aryl methyl sites for hydroxylation is 1. The summed E-state index contributed by atoms with van der Waals surface area (Å²) in [7, 11) is 0. The third-order valence-electron chi connectivity index (χ3n) is 2.58. The first-order chi connectivity index (χ1) is 11.2.